The van der Waals surface area contributed by atoms with Crippen molar-refractivity contribution < 1.29 is 28.5 Å². The summed E-state index contributed by atoms with van der Waals surface area (Å²) in [5, 5.41) is 15.3. The lowest BCUT2D eigenvalue weighted by atomic mass is 10.2. The van der Waals surface area contributed by atoms with Gasteiger partial charge >= 0.3 is 0 Å². The predicted octanol–water partition coefficient (Wildman–Crippen LogP) is 3.45. The molecule has 0 spiro atoms. The van der Waals surface area contributed by atoms with Crippen LogP contribution in [-0.4, -0.2) is 112 Å². The molecule has 0 bridgehead atoms. The Bertz CT molecular complexity index is 1320. The Kier molecular flexibility index (Phi) is 22.9. The second-order valence-corrected chi connectivity index (χ2v) is 10.3. The zero-order chi connectivity index (χ0) is 36.1. The molecule has 1 aromatic heterocycles. The number of hydrogen-bond acceptors (Lipinski definition) is 13. The zero-order valence-electron chi connectivity index (χ0n) is 29.7. The van der Waals surface area contributed by atoms with Crippen LogP contribution in [0.5, 0.6) is 0 Å². The Balaban J connectivity index is 0.00000425. The molecule has 15 nitrogen and oxygen atoms in total. The first-order valence-electron chi connectivity index (χ1n) is 17.3. The van der Waals surface area contributed by atoms with Crippen LogP contribution in [0, 0.1) is 0 Å². The summed E-state index contributed by atoms with van der Waals surface area (Å²) in [6.45, 7) is 12.1. The number of carbonyl (C=O) groups excluding carboxylic acids is 2. The molecular formula is C35H55N9O6. The van der Waals surface area contributed by atoms with Crippen molar-refractivity contribution in [1.29, 1.82) is 0 Å². The normalized spacial score (nSPS) is 10.5. The number of nitrogens with zero attached hydrogens (tertiary/aromatic N) is 3. The van der Waals surface area contributed by atoms with Gasteiger partial charge in [0.05, 0.1) is 52.9 Å². The Morgan fingerprint density at radius 2 is 1.08 bits per heavy atom. The van der Waals surface area contributed by atoms with Crippen molar-refractivity contribution >= 4 is 35.3 Å². The van der Waals surface area contributed by atoms with E-state index in [1.54, 1.807) is 36.4 Å². The van der Waals surface area contributed by atoms with E-state index in [0.717, 1.165) is 19.4 Å². The molecule has 7 N–H and O–H groups in total. The van der Waals surface area contributed by atoms with Crippen molar-refractivity contribution in [2.45, 2.75) is 33.6 Å². The minimum Gasteiger partial charge on any atom is -0.378 e. The van der Waals surface area contributed by atoms with E-state index < -0.39 is 0 Å². The molecule has 0 atom stereocenters. The molecule has 0 fully saturated rings. The fraction of sp³-hybridized carbons (Fsp3) is 0.514. The van der Waals surface area contributed by atoms with Crippen LogP contribution in [0.2, 0.25) is 0 Å². The van der Waals surface area contributed by atoms with Crippen LogP contribution < -0.4 is 32.3 Å². The molecule has 0 saturated heterocycles. The minimum absolute atomic E-state index is 0.126. The van der Waals surface area contributed by atoms with Gasteiger partial charge in [-0.25, -0.2) is 0 Å². The van der Waals surface area contributed by atoms with Crippen LogP contribution in [0.4, 0.5) is 23.5 Å². The smallest absolute Gasteiger partial charge is 0.251 e. The van der Waals surface area contributed by atoms with E-state index in [0.29, 0.717) is 114 Å². The molecule has 2 amide bonds. The summed E-state index contributed by atoms with van der Waals surface area (Å²) in [7, 11) is 0. The molecule has 276 valence electrons. The summed E-state index contributed by atoms with van der Waals surface area (Å²) in [6, 6.07) is 16.1. The molecule has 15 heteroatoms. The first kappa shape index (κ1) is 41.8. The number of carbonyl (C=O) groups is 2. The highest BCUT2D eigenvalue weighted by Crippen LogP contribution is 2.17. The number of unbranched alkanes of at least 4 members (excludes halogenated alkanes) is 1. The molecule has 2 aromatic carbocycles. The van der Waals surface area contributed by atoms with Crippen molar-refractivity contribution in [1.82, 2.24) is 25.6 Å². The van der Waals surface area contributed by atoms with Crippen molar-refractivity contribution in [3.63, 3.8) is 0 Å². The highest BCUT2D eigenvalue weighted by atomic mass is 16.5. The van der Waals surface area contributed by atoms with Gasteiger partial charge in [0.1, 0.15) is 0 Å². The fourth-order valence-corrected chi connectivity index (χ4v) is 4.03. The zero-order valence-corrected chi connectivity index (χ0v) is 29.7. The molecule has 0 aliphatic heterocycles. The molecule has 0 saturated carbocycles. The largest absolute Gasteiger partial charge is 0.378 e. The summed E-state index contributed by atoms with van der Waals surface area (Å²) < 4.78 is 21.9. The highest BCUT2D eigenvalue weighted by molar-refractivity contribution is 5.94. The van der Waals surface area contributed by atoms with Crippen molar-refractivity contribution in [3.05, 3.63) is 65.7 Å². The third-order valence-corrected chi connectivity index (χ3v) is 6.49. The van der Waals surface area contributed by atoms with Gasteiger partial charge in [-0.05, 0) is 42.8 Å². The number of nitrogens with one attached hydrogen (secondary N) is 5. The van der Waals surface area contributed by atoms with Crippen LogP contribution in [0.15, 0.2) is 54.6 Å². The van der Waals surface area contributed by atoms with Gasteiger partial charge in [0.2, 0.25) is 17.8 Å². The molecule has 1 heterocycles. The monoisotopic (exact) mass is 697 g/mol. The van der Waals surface area contributed by atoms with Gasteiger partial charge in [-0.15, -0.1) is 0 Å². The van der Waals surface area contributed by atoms with Gasteiger partial charge in [-0.1, -0.05) is 45.4 Å². The van der Waals surface area contributed by atoms with E-state index in [9.17, 15) is 9.59 Å². The van der Waals surface area contributed by atoms with Gasteiger partial charge in [0.15, 0.2) is 0 Å². The second-order valence-electron chi connectivity index (χ2n) is 10.3. The number of rotatable bonds is 26. The first-order valence-corrected chi connectivity index (χ1v) is 17.3. The summed E-state index contributed by atoms with van der Waals surface area (Å²) in [5.74, 6) is 0.870. The van der Waals surface area contributed by atoms with Crippen LogP contribution in [-0.2, 0) is 18.9 Å². The molecule has 0 radical (unpaired) electrons. The molecular weight excluding hydrogens is 642 g/mol. The van der Waals surface area contributed by atoms with Gasteiger partial charge in [0.25, 0.3) is 11.8 Å². The topological polar surface area (TPSA) is 196 Å². The molecule has 3 rings (SSSR count). The average Bonchev–Trinajstić information content (AvgIpc) is 3.15. The van der Waals surface area contributed by atoms with Gasteiger partial charge in [-0.3, -0.25) is 9.59 Å². The quantitative estimate of drug-likeness (QED) is 0.0668. The summed E-state index contributed by atoms with van der Waals surface area (Å²) >= 11 is 0. The van der Waals surface area contributed by atoms with E-state index in [4.69, 9.17) is 24.7 Å². The van der Waals surface area contributed by atoms with Crippen molar-refractivity contribution in [3.8, 4) is 0 Å². The van der Waals surface area contributed by atoms with Gasteiger partial charge in [0, 0.05) is 49.5 Å². The number of amides is 2. The number of hydrogen-bond donors (Lipinski definition) is 6. The minimum atomic E-state index is -0.195. The van der Waals surface area contributed by atoms with Crippen LogP contribution >= 0.6 is 0 Å². The van der Waals surface area contributed by atoms with Gasteiger partial charge in [-0.2, -0.15) is 15.0 Å². The molecule has 3 aromatic rings. The summed E-state index contributed by atoms with van der Waals surface area (Å²) in [4.78, 5) is 38.0. The molecule has 0 aliphatic carbocycles. The van der Waals surface area contributed by atoms with Crippen LogP contribution in [0.25, 0.3) is 0 Å². The summed E-state index contributed by atoms with van der Waals surface area (Å²) in [5.41, 5.74) is 7.22. The average molecular weight is 698 g/mol. The van der Waals surface area contributed by atoms with Crippen molar-refractivity contribution in [2.24, 2.45) is 5.73 Å². The predicted molar refractivity (Wildman–Crippen MR) is 196 cm³/mol. The lowest BCUT2D eigenvalue weighted by molar-refractivity contribution is 0.0511. The third-order valence-electron chi connectivity index (χ3n) is 6.49. The Hall–Kier alpha value is -4.41. The molecule has 50 heavy (non-hydrogen) atoms. The van der Waals surface area contributed by atoms with Crippen LogP contribution in [0.1, 0.15) is 54.3 Å². The number of anilines is 4. The van der Waals surface area contributed by atoms with E-state index in [1.807, 2.05) is 32.0 Å². The maximum absolute atomic E-state index is 12.5. The van der Waals surface area contributed by atoms with Gasteiger partial charge < -0.3 is 51.3 Å². The maximum Gasteiger partial charge on any atom is 0.251 e. The number of benzene rings is 2. The van der Waals surface area contributed by atoms with E-state index in [1.165, 1.54) is 0 Å². The fourth-order valence-electron chi connectivity index (χ4n) is 4.03. The molecule has 0 unspecified atom stereocenters. The maximum atomic E-state index is 12.5. The third kappa shape index (κ3) is 18.4. The Morgan fingerprint density at radius 1 is 0.600 bits per heavy atom. The lowest BCUT2D eigenvalue weighted by Gasteiger charge is -2.12. The van der Waals surface area contributed by atoms with E-state index >= 15 is 0 Å². The number of aromatic nitrogens is 3. The second kappa shape index (κ2) is 27.4. The highest BCUT2D eigenvalue weighted by Gasteiger charge is 2.09. The van der Waals surface area contributed by atoms with Crippen LogP contribution in [0.3, 0.4) is 0 Å². The Morgan fingerprint density at radius 3 is 1.62 bits per heavy atom. The van der Waals surface area contributed by atoms with E-state index in [-0.39, 0.29) is 11.8 Å². The molecule has 0 aliphatic rings. The SMILES string of the molecule is CC.CCCCNc1nc(NCCOCCOCCNC(=O)c2ccccc2)nc(Nc2ccc(C(=O)NCCOCCOCCN)cc2)n1. The standard InChI is InChI=1S/C33H49N9O6.C2H6/c1-2-3-14-37-31-40-32(38-17-21-48-25-24-47-19-15-35-29(43)26-7-5-4-6-8-26)42-33(41-31)39-28-11-9-27(10-12-28)30(44)36-16-20-46-23-22-45-18-13-34;1-2/h4-12H,2-3,13-25,34H2,1H3,(H,35,43)(H,36,44)(H3,37,38,39,40,41,42);1-2H3. The van der Waals surface area contributed by atoms with Crippen molar-refractivity contribution in [2.75, 3.05) is 102 Å². The number of nitrogens with two attached hydrogens (primary N) is 1. The lowest BCUT2D eigenvalue weighted by Crippen LogP contribution is -2.27. The Labute approximate surface area is 295 Å². The summed E-state index contributed by atoms with van der Waals surface area (Å²) in [6.07, 6.45) is 2.01. The van der Waals surface area contributed by atoms with E-state index in [2.05, 4.69) is 48.5 Å². The first-order chi connectivity index (χ1) is 24.6. The number of ether oxygens (including phenoxy) is 4.